The van der Waals surface area contributed by atoms with Crippen LogP contribution in [0.5, 0.6) is 0 Å². The lowest BCUT2D eigenvalue weighted by Gasteiger charge is -2.06. The fourth-order valence-electron chi connectivity index (χ4n) is 1.74. The Morgan fingerprint density at radius 1 is 1.43 bits per heavy atom. The van der Waals surface area contributed by atoms with Gasteiger partial charge >= 0.3 is 5.97 Å². The Labute approximate surface area is 129 Å². The molecule has 1 heterocycles. The number of benzene rings is 1. The van der Waals surface area contributed by atoms with E-state index in [1.807, 2.05) is 6.92 Å². The fourth-order valence-corrected chi connectivity index (χ4v) is 2.60. The molecule has 1 aromatic heterocycles. The number of halogens is 1. The van der Waals surface area contributed by atoms with E-state index < -0.39 is 5.97 Å². The van der Waals surface area contributed by atoms with E-state index in [-0.39, 0.29) is 16.5 Å². The van der Waals surface area contributed by atoms with Gasteiger partial charge in [-0.05, 0) is 36.2 Å². The van der Waals surface area contributed by atoms with Gasteiger partial charge in [-0.1, -0.05) is 29.4 Å². The highest BCUT2D eigenvalue weighted by molar-refractivity contribution is 7.08. The number of carbonyl (C=O) groups is 2. The number of aromatic nitrogens is 2. The largest absolute Gasteiger partial charge is 0.478 e. The summed E-state index contributed by atoms with van der Waals surface area (Å²) in [5, 5.41) is 15.6. The second-order valence-electron chi connectivity index (χ2n) is 4.25. The van der Waals surface area contributed by atoms with E-state index in [1.165, 1.54) is 18.2 Å². The number of hydrogen-bond donors (Lipinski definition) is 2. The summed E-state index contributed by atoms with van der Waals surface area (Å²) in [6.45, 7) is 1.99. The zero-order valence-corrected chi connectivity index (χ0v) is 12.7. The fraction of sp³-hybridized carbons (Fsp3) is 0.231. The third kappa shape index (κ3) is 3.56. The predicted octanol–water partition coefficient (Wildman–Crippen LogP) is 3.09. The lowest BCUT2D eigenvalue weighted by Crippen LogP contribution is -2.12. The van der Waals surface area contributed by atoms with Crippen molar-refractivity contribution < 1.29 is 14.7 Å². The van der Waals surface area contributed by atoms with E-state index in [0.29, 0.717) is 22.7 Å². The van der Waals surface area contributed by atoms with Crippen molar-refractivity contribution in [2.75, 3.05) is 5.32 Å². The van der Waals surface area contributed by atoms with Crippen LogP contribution in [0.25, 0.3) is 0 Å². The molecule has 0 fully saturated rings. The molecule has 0 spiro atoms. The van der Waals surface area contributed by atoms with Gasteiger partial charge in [-0.25, -0.2) is 4.79 Å². The van der Waals surface area contributed by atoms with Crippen molar-refractivity contribution in [1.29, 1.82) is 0 Å². The summed E-state index contributed by atoms with van der Waals surface area (Å²) in [4.78, 5) is 23.5. The molecule has 2 rings (SSSR count). The minimum Gasteiger partial charge on any atom is -0.478 e. The SMILES string of the molecule is CCCc1nnsc1C(=O)Nc1ccc(C(=O)O)c(Cl)c1. The monoisotopic (exact) mass is 325 g/mol. The minimum atomic E-state index is -1.12. The van der Waals surface area contributed by atoms with E-state index in [1.54, 1.807) is 0 Å². The lowest BCUT2D eigenvalue weighted by molar-refractivity contribution is 0.0697. The second kappa shape index (κ2) is 6.64. The standard InChI is InChI=1S/C13H12ClN3O3S/c1-2-3-10-11(21-17-16-10)12(18)15-7-4-5-8(13(19)20)9(14)6-7/h4-6H,2-3H2,1H3,(H,15,18)(H,19,20). The number of aromatic carboxylic acids is 1. The first-order chi connectivity index (χ1) is 10.0. The van der Waals surface area contributed by atoms with Crippen molar-refractivity contribution in [2.45, 2.75) is 19.8 Å². The van der Waals surface area contributed by atoms with Gasteiger partial charge in [-0.2, -0.15) is 0 Å². The van der Waals surface area contributed by atoms with E-state index in [0.717, 1.165) is 18.0 Å². The summed E-state index contributed by atoms with van der Waals surface area (Å²) in [7, 11) is 0. The number of carboxylic acids is 1. The number of nitrogens with zero attached hydrogens (tertiary/aromatic N) is 2. The molecule has 0 unspecified atom stereocenters. The Hall–Kier alpha value is -1.99. The predicted molar refractivity (Wildman–Crippen MR) is 80.3 cm³/mol. The molecule has 1 amide bonds. The highest BCUT2D eigenvalue weighted by atomic mass is 35.5. The first kappa shape index (κ1) is 15.4. The maximum atomic E-state index is 12.2. The number of aryl methyl sites for hydroxylation is 1. The second-order valence-corrected chi connectivity index (χ2v) is 5.41. The van der Waals surface area contributed by atoms with Crippen LogP contribution in [0.2, 0.25) is 5.02 Å². The highest BCUT2D eigenvalue weighted by Crippen LogP contribution is 2.22. The third-order valence-electron chi connectivity index (χ3n) is 2.71. The third-order valence-corrected chi connectivity index (χ3v) is 3.79. The van der Waals surface area contributed by atoms with Gasteiger partial charge in [0.05, 0.1) is 16.3 Å². The Morgan fingerprint density at radius 3 is 2.81 bits per heavy atom. The zero-order chi connectivity index (χ0) is 15.4. The van der Waals surface area contributed by atoms with Gasteiger partial charge in [0.15, 0.2) is 0 Å². The van der Waals surface area contributed by atoms with Crippen LogP contribution in [-0.2, 0) is 6.42 Å². The summed E-state index contributed by atoms with van der Waals surface area (Å²) < 4.78 is 3.79. The van der Waals surface area contributed by atoms with Gasteiger partial charge in [-0.15, -0.1) is 5.10 Å². The quantitative estimate of drug-likeness (QED) is 0.881. The van der Waals surface area contributed by atoms with Crippen molar-refractivity contribution >= 4 is 40.7 Å². The number of carboxylic acid groups (broad SMARTS) is 1. The van der Waals surface area contributed by atoms with Crippen molar-refractivity contribution in [2.24, 2.45) is 0 Å². The number of anilines is 1. The van der Waals surface area contributed by atoms with Gasteiger partial charge in [0.2, 0.25) is 0 Å². The van der Waals surface area contributed by atoms with E-state index >= 15 is 0 Å². The Bertz CT molecular complexity index is 687. The average molecular weight is 326 g/mol. The van der Waals surface area contributed by atoms with Crippen LogP contribution in [0, 0.1) is 0 Å². The topological polar surface area (TPSA) is 92.2 Å². The number of nitrogens with one attached hydrogen (secondary N) is 1. The molecule has 0 aliphatic heterocycles. The molecule has 2 N–H and O–H groups in total. The van der Waals surface area contributed by atoms with Crippen molar-refractivity contribution in [3.05, 3.63) is 39.4 Å². The molecule has 0 radical (unpaired) electrons. The van der Waals surface area contributed by atoms with Gasteiger partial charge in [0.25, 0.3) is 5.91 Å². The summed E-state index contributed by atoms with van der Waals surface area (Å²) in [5.74, 6) is -1.44. The van der Waals surface area contributed by atoms with Gasteiger partial charge in [0.1, 0.15) is 4.88 Å². The van der Waals surface area contributed by atoms with Crippen LogP contribution in [0.1, 0.15) is 39.1 Å². The van der Waals surface area contributed by atoms with Crippen molar-refractivity contribution in [3.63, 3.8) is 0 Å². The number of amides is 1. The van der Waals surface area contributed by atoms with Crippen molar-refractivity contribution in [1.82, 2.24) is 9.59 Å². The first-order valence-electron chi connectivity index (χ1n) is 6.18. The normalized spacial score (nSPS) is 10.4. The first-order valence-corrected chi connectivity index (χ1v) is 7.33. The van der Waals surface area contributed by atoms with Gasteiger partial charge in [-0.3, -0.25) is 4.79 Å². The zero-order valence-electron chi connectivity index (χ0n) is 11.1. The maximum absolute atomic E-state index is 12.2. The summed E-state index contributed by atoms with van der Waals surface area (Å²) in [6, 6.07) is 4.23. The van der Waals surface area contributed by atoms with Crippen LogP contribution >= 0.6 is 23.1 Å². The Kier molecular flexibility index (Phi) is 4.87. The molecule has 6 nitrogen and oxygen atoms in total. The molecule has 110 valence electrons. The molecule has 0 saturated carbocycles. The van der Waals surface area contributed by atoms with Crippen LogP contribution < -0.4 is 5.32 Å². The molecule has 0 saturated heterocycles. The molecule has 21 heavy (non-hydrogen) atoms. The Morgan fingerprint density at radius 2 is 2.19 bits per heavy atom. The molecule has 8 heteroatoms. The molecule has 0 aliphatic rings. The smallest absolute Gasteiger partial charge is 0.337 e. The minimum absolute atomic E-state index is 0.0132. The Balaban J connectivity index is 2.18. The number of hydrogen-bond acceptors (Lipinski definition) is 5. The maximum Gasteiger partial charge on any atom is 0.337 e. The van der Waals surface area contributed by atoms with E-state index in [9.17, 15) is 9.59 Å². The van der Waals surface area contributed by atoms with Gasteiger partial charge < -0.3 is 10.4 Å². The molecule has 0 bridgehead atoms. The lowest BCUT2D eigenvalue weighted by atomic mass is 10.2. The molecule has 0 aliphatic carbocycles. The van der Waals surface area contributed by atoms with E-state index in [4.69, 9.17) is 16.7 Å². The van der Waals surface area contributed by atoms with Gasteiger partial charge in [0, 0.05) is 5.69 Å². The number of carbonyl (C=O) groups excluding carboxylic acids is 1. The average Bonchev–Trinajstić information content (AvgIpc) is 2.87. The van der Waals surface area contributed by atoms with E-state index in [2.05, 4.69) is 14.9 Å². The van der Waals surface area contributed by atoms with Crippen LogP contribution in [0.4, 0.5) is 5.69 Å². The molecular formula is C13H12ClN3O3S. The van der Waals surface area contributed by atoms with Crippen LogP contribution in [0.15, 0.2) is 18.2 Å². The van der Waals surface area contributed by atoms with Crippen molar-refractivity contribution in [3.8, 4) is 0 Å². The molecular weight excluding hydrogens is 314 g/mol. The van der Waals surface area contributed by atoms with Crippen LogP contribution in [-0.4, -0.2) is 26.6 Å². The molecule has 1 aromatic carbocycles. The number of rotatable bonds is 5. The summed E-state index contributed by atoms with van der Waals surface area (Å²) in [5.41, 5.74) is 1.07. The summed E-state index contributed by atoms with van der Waals surface area (Å²) in [6.07, 6.45) is 1.54. The molecule has 2 aromatic rings. The highest BCUT2D eigenvalue weighted by Gasteiger charge is 2.16. The summed E-state index contributed by atoms with van der Waals surface area (Å²) >= 11 is 6.89. The molecule has 0 atom stereocenters. The van der Waals surface area contributed by atoms with Crippen LogP contribution in [0.3, 0.4) is 0 Å².